The highest BCUT2D eigenvalue weighted by Gasteiger charge is 2.26. The molecule has 1 amide bonds. The molecular formula is C15H20FNO2. The Balaban J connectivity index is 2.07. The van der Waals surface area contributed by atoms with Gasteiger partial charge >= 0.3 is 0 Å². The van der Waals surface area contributed by atoms with E-state index in [0.29, 0.717) is 5.92 Å². The Kier molecular flexibility index (Phi) is 4.40. The highest BCUT2D eigenvalue weighted by molar-refractivity contribution is 5.96. The van der Waals surface area contributed by atoms with E-state index in [2.05, 4.69) is 12.2 Å². The van der Waals surface area contributed by atoms with Crippen LogP contribution in [0.3, 0.4) is 0 Å². The molecule has 104 valence electrons. The molecule has 0 radical (unpaired) electrons. The molecule has 0 aliphatic heterocycles. The van der Waals surface area contributed by atoms with Crippen LogP contribution in [-0.4, -0.2) is 17.1 Å². The summed E-state index contributed by atoms with van der Waals surface area (Å²) in [7, 11) is 0. The molecule has 2 unspecified atom stereocenters. The van der Waals surface area contributed by atoms with Crippen molar-refractivity contribution in [2.24, 2.45) is 5.92 Å². The van der Waals surface area contributed by atoms with Crippen LogP contribution in [0.5, 0.6) is 5.75 Å². The standard InChI is InChI=1S/C15H20FNO2/c1-2-10-5-3-4-6-13(10)17-15(19)12-8-7-11(16)9-14(12)18/h7-10,13,18H,2-6H2,1H3,(H,17,19). The molecule has 1 fully saturated rings. The van der Waals surface area contributed by atoms with E-state index in [1.165, 1.54) is 18.6 Å². The minimum atomic E-state index is -0.543. The van der Waals surface area contributed by atoms with Gasteiger partial charge in [0.25, 0.3) is 5.91 Å². The van der Waals surface area contributed by atoms with Gasteiger partial charge in [0.1, 0.15) is 11.6 Å². The lowest BCUT2D eigenvalue weighted by Gasteiger charge is -2.31. The maximum Gasteiger partial charge on any atom is 0.255 e. The molecule has 0 heterocycles. The number of phenolic OH excluding ortho intramolecular Hbond substituents is 1. The fourth-order valence-corrected chi connectivity index (χ4v) is 2.83. The van der Waals surface area contributed by atoms with E-state index in [-0.39, 0.29) is 23.3 Å². The molecule has 1 aliphatic carbocycles. The van der Waals surface area contributed by atoms with Crippen molar-refractivity contribution in [3.8, 4) is 5.75 Å². The van der Waals surface area contributed by atoms with E-state index in [1.54, 1.807) is 0 Å². The third kappa shape index (κ3) is 3.25. The average molecular weight is 265 g/mol. The van der Waals surface area contributed by atoms with Crippen molar-refractivity contribution < 1.29 is 14.3 Å². The third-order valence-electron chi connectivity index (χ3n) is 3.95. The van der Waals surface area contributed by atoms with Gasteiger partial charge in [-0.05, 0) is 30.9 Å². The molecule has 3 nitrogen and oxygen atoms in total. The first-order valence-corrected chi connectivity index (χ1v) is 6.91. The van der Waals surface area contributed by atoms with Crippen LogP contribution < -0.4 is 5.32 Å². The highest BCUT2D eigenvalue weighted by atomic mass is 19.1. The van der Waals surface area contributed by atoms with Crippen LogP contribution in [0, 0.1) is 11.7 Å². The van der Waals surface area contributed by atoms with E-state index in [0.717, 1.165) is 31.7 Å². The Morgan fingerprint density at radius 2 is 2.16 bits per heavy atom. The molecule has 4 heteroatoms. The number of phenols is 1. The number of halogens is 1. The lowest BCUT2D eigenvalue weighted by atomic mass is 9.83. The lowest BCUT2D eigenvalue weighted by Crippen LogP contribution is -2.41. The first kappa shape index (κ1) is 13.8. The van der Waals surface area contributed by atoms with Crippen molar-refractivity contribution in [2.45, 2.75) is 45.1 Å². The summed E-state index contributed by atoms with van der Waals surface area (Å²) in [6.45, 7) is 2.13. The van der Waals surface area contributed by atoms with Gasteiger partial charge in [-0.3, -0.25) is 4.79 Å². The number of carbonyl (C=O) groups excluding carboxylic acids is 1. The van der Waals surface area contributed by atoms with Crippen molar-refractivity contribution >= 4 is 5.91 Å². The molecule has 1 saturated carbocycles. The highest BCUT2D eigenvalue weighted by Crippen LogP contribution is 2.27. The number of amides is 1. The van der Waals surface area contributed by atoms with Crippen LogP contribution in [0.4, 0.5) is 4.39 Å². The third-order valence-corrected chi connectivity index (χ3v) is 3.95. The molecule has 1 aliphatic rings. The second kappa shape index (κ2) is 6.04. The van der Waals surface area contributed by atoms with Crippen LogP contribution in [0.1, 0.15) is 49.4 Å². The Bertz CT molecular complexity index is 461. The zero-order chi connectivity index (χ0) is 13.8. The summed E-state index contributed by atoms with van der Waals surface area (Å²) >= 11 is 0. The second-order valence-corrected chi connectivity index (χ2v) is 5.19. The SMILES string of the molecule is CCC1CCCCC1NC(=O)c1ccc(F)cc1O. The topological polar surface area (TPSA) is 49.3 Å². The summed E-state index contributed by atoms with van der Waals surface area (Å²) in [6, 6.07) is 3.64. The van der Waals surface area contributed by atoms with E-state index in [4.69, 9.17) is 0 Å². The fourth-order valence-electron chi connectivity index (χ4n) is 2.83. The van der Waals surface area contributed by atoms with Gasteiger partial charge in [-0.1, -0.05) is 26.2 Å². The quantitative estimate of drug-likeness (QED) is 0.881. The number of nitrogens with one attached hydrogen (secondary N) is 1. The minimum Gasteiger partial charge on any atom is -0.507 e. The van der Waals surface area contributed by atoms with Gasteiger partial charge in [0.05, 0.1) is 5.56 Å². The van der Waals surface area contributed by atoms with Crippen LogP contribution in [0.2, 0.25) is 0 Å². The van der Waals surface area contributed by atoms with Gasteiger partial charge in [-0.15, -0.1) is 0 Å². The molecule has 0 saturated heterocycles. The van der Waals surface area contributed by atoms with Crippen molar-refractivity contribution in [3.63, 3.8) is 0 Å². The van der Waals surface area contributed by atoms with Crippen molar-refractivity contribution in [1.82, 2.24) is 5.32 Å². The minimum absolute atomic E-state index is 0.141. The number of rotatable bonds is 3. The Hall–Kier alpha value is -1.58. The van der Waals surface area contributed by atoms with Crippen LogP contribution >= 0.6 is 0 Å². The van der Waals surface area contributed by atoms with Crippen molar-refractivity contribution in [3.05, 3.63) is 29.6 Å². The maximum absolute atomic E-state index is 12.9. The molecule has 1 aromatic carbocycles. The number of carbonyl (C=O) groups is 1. The summed E-state index contributed by atoms with van der Waals surface area (Å²) in [4.78, 5) is 12.1. The summed E-state index contributed by atoms with van der Waals surface area (Å²) in [5, 5.41) is 12.6. The molecule has 2 atom stereocenters. The van der Waals surface area contributed by atoms with Crippen LogP contribution in [-0.2, 0) is 0 Å². The molecule has 19 heavy (non-hydrogen) atoms. The largest absolute Gasteiger partial charge is 0.507 e. The molecule has 2 N–H and O–H groups in total. The van der Waals surface area contributed by atoms with E-state index < -0.39 is 5.82 Å². The molecule has 0 aromatic heterocycles. The number of hydrogen-bond acceptors (Lipinski definition) is 2. The van der Waals surface area contributed by atoms with Gasteiger partial charge in [0.15, 0.2) is 0 Å². The molecular weight excluding hydrogens is 245 g/mol. The molecule has 0 spiro atoms. The zero-order valence-electron chi connectivity index (χ0n) is 11.2. The Morgan fingerprint density at radius 3 is 2.84 bits per heavy atom. The summed E-state index contributed by atoms with van der Waals surface area (Å²) < 4.78 is 12.9. The van der Waals surface area contributed by atoms with E-state index >= 15 is 0 Å². The van der Waals surface area contributed by atoms with Gasteiger partial charge in [-0.2, -0.15) is 0 Å². The number of hydrogen-bond donors (Lipinski definition) is 2. The zero-order valence-corrected chi connectivity index (χ0v) is 11.2. The van der Waals surface area contributed by atoms with E-state index in [9.17, 15) is 14.3 Å². The summed E-state index contributed by atoms with van der Waals surface area (Å²) in [5.74, 6) is -0.664. The number of aromatic hydroxyl groups is 1. The van der Waals surface area contributed by atoms with Crippen LogP contribution in [0.25, 0.3) is 0 Å². The smallest absolute Gasteiger partial charge is 0.255 e. The van der Waals surface area contributed by atoms with E-state index in [1.807, 2.05) is 0 Å². The first-order valence-electron chi connectivity index (χ1n) is 6.91. The first-order chi connectivity index (χ1) is 9.11. The van der Waals surface area contributed by atoms with Gasteiger partial charge in [0, 0.05) is 12.1 Å². The number of benzene rings is 1. The molecule has 0 bridgehead atoms. The predicted octanol–water partition coefficient (Wildman–Crippen LogP) is 3.23. The normalized spacial score (nSPS) is 23.1. The average Bonchev–Trinajstić information content (AvgIpc) is 2.39. The fraction of sp³-hybridized carbons (Fsp3) is 0.533. The molecule has 2 rings (SSSR count). The molecule has 1 aromatic rings. The van der Waals surface area contributed by atoms with Crippen LogP contribution in [0.15, 0.2) is 18.2 Å². The lowest BCUT2D eigenvalue weighted by molar-refractivity contribution is 0.0902. The van der Waals surface area contributed by atoms with Gasteiger partial charge < -0.3 is 10.4 Å². The second-order valence-electron chi connectivity index (χ2n) is 5.19. The Morgan fingerprint density at radius 1 is 1.42 bits per heavy atom. The predicted molar refractivity (Wildman–Crippen MR) is 71.6 cm³/mol. The van der Waals surface area contributed by atoms with Crippen molar-refractivity contribution in [1.29, 1.82) is 0 Å². The Labute approximate surface area is 112 Å². The monoisotopic (exact) mass is 265 g/mol. The summed E-state index contributed by atoms with van der Waals surface area (Å²) in [6.07, 6.45) is 5.49. The maximum atomic E-state index is 12.9. The van der Waals surface area contributed by atoms with Gasteiger partial charge in [-0.25, -0.2) is 4.39 Å². The summed E-state index contributed by atoms with van der Waals surface area (Å²) in [5.41, 5.74) is 0.141. The van der Waals surface area contributed by atoms with Crippen molar-refractivity contribution in [2.75, 3.05) is 0 Å². The van der Waals surface area contributed by atoms with Gasteiger partial charge in [0.2, 0.25) is 0 Å².